The Labute approximate surface area is 199 Å². The SMILES string of the molecule is Cc1ccc2c(c1)C1C=C(c3ccc4c(c3)c3cc(C)ccc3n4-c3ccccc3)C=CC1O2. The van der Waals surface area contributed by atoms with E-state index in [-0.39, 0.29) is 12.0 Å². The highest BCUT2D eigenvalue weighted by molar-refractivity contribution is 6.10. The molecule has 0 saturated carbocycles. The highest BCUT2D eigenvalue weighted by Crippen LogP contribution is 2.44. The van der Waals surface area contributed by atoms with Gasteiger partial charge < -0.3 is 9.30 Å². The number of ether oxygens (including phenoxy) is 1. The van der Waals surface area contributed by atoms with Crippen LogP contribution < -0.4 is 4.74 Å². The van der Waals surface area contributed by atoms with Gasteiger partial charge in [0, 0.05) is 27.9 Å². The molecule has 2 atom stereocenters. The zero-order valence-corrected chi connectivity index (χ0v) is 19.3. The molecule has 0 bridgehead atoms. The fourth-order valence-electron chi connectivity index (χ4n) is 5.59. The Morgan fingerprint density at radius 1 is 0.735 bits per heavy atom. The van der Waals surface area contributed by atoms with Crippen molar-refractivity contribution in [2.24, 2.45) is 0 Å². The number of nitrogens with zero attached hydrogens (tertiary/aromatic N) is 1. The lowest BCUT2D eigenvalue weighted by atomic mass is 9.86. The van der Waals surface area contributed by atoms with E-state index in [1.807, 2.05) is 0 Å². The first-order valence-electron chi connectivity index (χ1n) is 11.9. The Morgan fingerprint density at radius 3 is 2.32 bits per heavy atom. The van der Waals surface area contributed by atoms with Crippen LogP contribution in [0.25, 0.3) is 33.1 Å². The first-order chi connectivity index (χ1) is 16.7. The minimum atomic E-state index is 0.0897. The smallest absolute Gasteiger partial charge is 0.128 e. The van der Waals surface area contributed by atoms with Crippen molar-refractivity contribution < 1.29 is 4.74 Å². The Balaban J connectivity index is 1.41. The van der Waals surface area contributed by atoms with Crippen LogP contribution >= 0.6 is 0 Å². The lowest BCUT2D eigenvalue weighted by Gasteiger charge is -2.19. The van der Waals surface area contributed by atoms with E-state index in [1.165, 1.54) is 55.3 Å². The summed E-state index contributed by atoms with van der Waals surface area (Å²) in [5, 5.41) is 2.58. The molecule has 1 aliphatic carbocycles. The number of fused-ring (bicyclic) bond motifs is 6. The number of hydrogen-bond donors (Lipinski definition) is 0. The molecule has 5 aromatic rings. The van der Waals surface area contributed by atoms with E-state index in [0.29, 0.717) is 0 Å². The van der Waals surface area contributed by atoms with Crippen LogP contribution in [-0.2, 0) is 0 Å². The number of hydrogen-bond acceptors (Lipinski definition) is 1. The summed E-state index contributed by atoms with van der Waals surface area (Å²) in [6, 6.07) is 30.8. The molecule has 2 heteroatoms. The molecule has 1 aromatic heterocycles. The summed E-state index contributed by atoms with van der Waals surface area (Å²) in [7, 11) is 0. The van der Waals surface area contributed by atoms with E-state index in [2.05, 4.69) is 122 Å². The van der Waals surface area contributed by atoms with E-state index < -0.39 is 0 Å². The second-order valence-electron chi connectivity index (χ2n) is 9.55. The Bertz CT molecular complexity index is 1650. The lowest BCUT2D eigenvalue weighted by molar-refractivity contribution is 0.269. The van der Waals surface area contributed by atoms with Gasteiger partial charge in [0.1, 0.15) is 11.9 Å². The van der Waals surface area contributed by atoms with Gasteiger partial charge >= 0.3 is 0 Å². The van der Waals surface area contributed by atoms with Gasteiger partial charge in [-0.1, -0.05) is 65.7 Å². The standard InChI is InChI=1S/C32H25NO/c1-20-8-12-29-25(16-20)26-18-22(10-13-30(26)33(29)24-6-4-3-5-7-24)23-11-15-32-28(19-23)27-17-21(2)9-14-31(27)34-32/h3-19,28,32H,1-2H3. The van der Waals surface area contributed by atoms with Crippen molar-refractivity contribution in [2.45, 2.75) is 25.9 Å². The third-order valence-electron chi connectivity index (χ3n) is 7.23. The lowest BCUT2D eigenvalue weighted by Crippen LogP contribution is -2.16. The van der Waals surface area contributed by atoms with Crippen LogP contribution in [0.15, 0.2) is 103 Å². The summed E-state index contributed by atoms with van der Waals surface area (Å²) in [5.41, 5.74) is 10.0. The topological polar surface area (TPSA) is 14.2 Å². The van der Waals surface area contributed by atoms with Crippen molar-refractivity contribution in [1.82, 2.24) is 4.57 Å². The van der Waals surface area contributed by atoms with Crippen LogP contribution in [0, 0.1) is 13.8 Å². The van der Waals surface area contributed by atoms with Gasteiger partial charge in [-0.25, -0.2) is 0 Å². The van der Waals surface area contributed by atoms with Crippen molar-refractivity contribution in [2.75, 3.05) is 0 Å². The average Bonchev–Trinajstić information content (AvgIpc) is 3.38. The maximum atomic E-state index is 6.21. The molecule has 0 fully saturated rings. The molecular weight excluding hydrogens is 414 g/mol. The predicted octanol–water partition coefficient (Wildman–Crippen LogP) is 7.90. The van der Waals surface area contributed by atoms with Crippen LogP contribution in [0.2, 0.25) is 0 Å². The van der Waals surface area contributed by atoms with Gasteiger partial charge in [0.05, 0.1) is 11.0 Å². The quantitative estimate of drug-likeness (QED) is 0.273. The van der Waals surface area contributed by atoms with Crippen LogP contribution in [0.5, 0.6) is 5.75 Å². The molecular formula is C32H25NO. The number of aryl methyl sites for hydroxylation is 2. The third kappa shape index (κ3) is 2.88. The minimum Gasteiger partial charge on any atom is -0.485 e. The summed E-state index contributed by atoms with van der Waals surface area (Å²) in [5.74, 6) is 1.28. The molecule has 7 rings (SSSR count). The van der Waals surface area contributed by atoms with Gasteiger partial charge in [-0.15, -0.1) is 0 Å². The molecule has 0 saturated heterocycles. The monoisotopic (exact) mass is 439 g/mol. The molecule has 2 unspecified atom stereocenters. The summed E-state index contributed by atoms with van der Waals surface area (Å²) in [6.07, 6.45) is 6.92. The number of benzene rings is 4. The van der Waals surface area contributed by atoms with Crippen LogP contribution in [0.3, 0.4) is 0 Å². The van der Waals surface area contributed by atoms with Gasteiger partial charge in [0.2, 0.25) is 0 Å². The number of aromatic nitrogens is 1. The van der Waals surface area contributed by atoms with Crippen molar-refractivity contribution in [1.29, 1.82) is 0 Å². The van der Waals surface area contributed by atoms with Gasteiger partial charge in [-0.05, 0) is 73.5 Å². The van der Waals surface area contributed by atoms with Crippen molar-refractivity contribution >= 4 is 27.4 Å². The van der Waals surface area contributed by atoms with E-state index in [9.17, 15) is 0 Å². The van der Waals surface area contributed by atoms with Gasteiger partial charge in [-0.3, -0.25) is 0 Å². The van der Waals surface area contributed by atoms with E-state index in [1.54, 1.807) is 0 Å². The molecule has 0 spiro atoms. The number of rotatable bonds is 2. The highest BCUT2D eigenvalue weighted by Gasteiger charge is 2.33. The van der Waals surface area contributed by atoms with Gasteiger partial charge in [0.15, 0.2) is 0 Å². The molecule has 164 valence electrons. The molecule has 1 aliphatic heterocycles. The molecule has 2 heterocycles. The fourth-order valence-corrected chi connectivity index (χ4v) is 5.59. The molecule has 4 aromatic carbocycles. The Morgan fingerprint density at radius 2 is 1.47 bits per heavy atom. The maximum absolute atomic E-state index is 6.21. The maximum Gasteiger partial charge on any atom is 0.128 e. The average molecular weight is 440 g/mol. The van der Waals surface area contributed by atoms with Crippen molar-refractivity contribution in [3.8, 4) is 11.4 Å². The molecule has 0 N–H and O–H groups in total. The first-order valence-corrected chi connectivity index (χ1v) is 11.9. The number of para-hydroxylation sites is 1. The van der Waals surface area contributed by atoms with Crippen molar-refractivity contribution in [3.05, 3.63) is 125 Å². The third-order valence-corrected chi connectivity index (χ3v) is 7.23. The second kappa shape index (κ2) is 7.23. The van der Waals surface area contributed by atoms with Gasteiger partial charge in [-0.2, -0.15) is 0 Å². The predicted molar refractivity (Wildman–Crippen MR) is 141 cm³/mol. The molecule has 0 radical (unpaired) electrons. The first kappa shape index (κ1) is 19.4. The van der Waals surface area contributed by atoms with Gasteiger partial charge in [0.25, 0.3) is 0 Å². The van der Waals surface area contributed by atoms with Crippen LogP contribution in [-0.4, -0.2) is 10.7 Å². The zero-order valence-electron chi connectivity index (χ0n) is 19.3. The molecule has 34 heavy (non-hydrogen) atoms. The van der Waals surface area contributed by atoms with E-state index in [0.717, 1.165) is 5.75 Å². The summed E-state index contributed by atoms with van der Waals surface area (Å²) < 4.78 is 8.58. The summed E-state index contributed by atoms with van der Waals surface area (Å²) >= 11 is 0. The normalized spacial score (nSPS) is 18.6. The molecule has 2 nitrogen and oxygen atoms in total. The van der Waals surface area contributed by atoms with E-state index >= 15 is 0 Å². The largest absolute Gasteiger partial charge is 0.485 e. The van der Waals surface area contributed by atoms with E-state index in [4.69, 9.17) is 4.74 Å². The van der Waals surface area contributed by atoms with Crippen LogP contribution in [0.1, 0.15) is 28.2 Å². The van der Waals surface area contributed by atoms with Crippen molar-refractivity contribution in [3.63, 3.8) is 0 Å². The molecule has 2 aliphatic rings. The van der Waals surface area contributed by atoms with Crippen LogP contribution in [0.4, 0.5) is 0 Å². The molecule has 0 amide bonds. The number of allylic oxidation sites excluding steroid dienone is 2. The fraction of sp³-hybridized carbons (Fsp3) is 0.125. The Hall–Kier alpha value is -4.04. The summed E-state index contributed by atoms with van der Waals surface area (Å²) in [4.78, 5) is 0. The minimum absolute atomic E-state index is 0.0897. The second-order valence-corrected chi connectivity index (χ2v) is 9.55. The zero-order chi connectivity index (χ0) is 22.8. The Kier molecular flexibility index (Phi) is 4.13. The summed E-state index contributed by atoms with van der Waals surface area (Å²) in [6.45, 7) is 4.32. The highest BCUT2D eigenvalue weighted by atomic mass is 16.5.